The minimum atomic E-state index is -0.642. The van der Waals surface area contributed by atoms with Gasteiger partial charge in [0.05, 0.1) is 17.1 Å². The van der Waals surface area contributed by atoms with E-state index in [1.807, 2.05) is 30.3 Å². The average molecular weight is 306 g/mol. The van der Waals surface area contributed by atoms with E-state index in [2.05, 4.69) is 5.32 Å². The molecule has 0 aromatic heterocycles. The number of rotatable bonds is 4. The summed E-state index contributed by atoms with van der Waals surface area (Å²) in [5.74, 6) is -0.865. The summed E-state index contributed by atoms with van der Waals surface area (Å²) in [5, 5.41) is 13.0. The van der Waals surface area contributed by atoms with Gasteiger partial charge in [-0.3, -0.25) is 4.79 Å². The molecule has 1 amide bonds. The zero-order valence-corrected chi connectivity index (χ0v) is 12.8. The highest BCUT2D eigenvalue weighted by atomic mass is 32.1. The van der Waals surface area contributed by atoms with Gasteiger partial charge in [0.2, 0.25) is 5.91 Å². The maximum Gasteiger partial charge on any atom is 0.234 e. The van der Waals surface area contributed by atoms with Crippen LogP contribution in [-0.4, -0.2) is 28.1 Å². The summed E-state index contributed by atoms with van der Waals surface area (Å²) in [6.07, 6.45) is 4.16. The number of aliphatic hydroxyl groups excluding tert-OH is 1. The fourth-order valence-corrected chi connectivity index (χ4v) is 3.06. The Morgan fingerprint density at radius 3 is 2.57 bits per heavy atom. The molecule has 0 spiro atoms. The van der Waals surface area contributed by atoms with Crippen molar-refractivity contribution in [1.82, 2.24) is 5.32 Å². The van der Waals surface area contributed by atoms with Gasteiger partial charge in [-0.05, 0) is 18.4 Å². The smallest absolute Gasteiger partial charge is 0.234 e. The topological polar surface area (TPSA) is 75.4 Å². The number of nitrogens with two attached hydrogens (primary N) is 1. The van der Waals surface area contributed by atoms with Crippen molar-refractivity contribution in [2.24, 2.45) is 5.73 Å². The minimum Gasteiger partial charge on any atom is -0.392 e. The molecule has 1 fully saturated rings. The summed E-state index contributed by atoms with van der Waals surface area (Å²) in [7, 11) is 0. The van der Waals surface area contributed by atoms with E-state index in [0.29, 0.717) is 0 Å². The fraction of sp³-hybridized carbons (Fsp3) is 0.500. The van der Waals surface area contributed by atoms with E-state index in [-0.39, 0.29) is 16.9 Å². The Morgan fingerprint density at radius 1 is 1.24 bits per heavy atom. The predicted octanol–water partition coefficient (Wildman–Crippen LogP) is 1.87. The number of hydrogen-bond acceptors (Lipinski definition) is 3. The van der Waals surface area contributed by atoms with E-state index in [4.69, 9.17) is 18.0 Å². The van der Waals surface area contributed by atoms with Gasteiger partial charge in [-0.1, -0.05) is 61.8 Å². The lowest BCUT2D eigenvalue weighted by molar-refractivity contribution is -0.122. The maximum atomic E-state index is 12.5. The summed E-state index contributed by atoms with van der Waals surface area (Å²) in [5.41, 5.74) is 6.53. The first-order valence-corrected chi connectivity index (χ1v) is 7.83. The molecule has 4 nitrogen and oxygen atoms in total. The number of carbonyl (C=O) groups excluding carboxylic acids is 1. The van der Waals surface area contributed by atoms with Crippen LogP contribution in [0.3, 0.4) is 0 Å². The number of carbonyl (C=O) groups is 1. The second kappa shape index (κ2) is 7.52. The number of nitrogens with one attached hydrogen (secondary N) is 1. The first-order chi connectivity index (χ1) is 10.1. The lowest BCUT2D eigenvalue weighted by atomic mass is 9.97. The molecular formula is C16H22N2O2S. The van der Waals surface area contributed by atoms with Crippen molar-refractivity contribution in [2.45, 2.75) is 50.2 Å². The Labute approximate surface area is 130 Å². The van der Waals surface area contributed by atoms with Gasteiger partial charge < -0.3 is 16.2 Å². The second-order valence-electron chi connectivity index (χ2n) is 5.57. The second-order valence-corrected chi connectivity index (χ2v) is 6.04. The fourth-order valence-electron chi connectivity index (χ4n) is 2.81. The normalized spacial score (nSPS) is 23.9. The minimum absolute atomic E-state index is 0.154. The Balaban J connectivity index is 2.10. The van der Waals surface area contributed by atoms with Crippen molar-refractivity contribution in [2.75, 3.05) is 0 Å². The molecular weight excluding hydrogens is 284 g/mol. The van der Waals surface area contributed by atoms with Gasteiger partial charge in [0.25, 0.3) is 0 Å². The van der Waals surface area contributed by atoms with E-state index in [9.17, 15) is 9.90 Å². The zero-order chi connectivity index (χ0) is 15.2. The third-order valence-electron chi connectivity index (χ3n) is 3.99. The van der Waals surface area contributed by atoms with Crippen molar-refractivity contribution in [1.29, 1.82) is 0 Å². The van der Waals surface area contributed by atoms with E-state index < -0.39 is 12.0 Å². The van der Waals surface area contributed by atoms with Gasteiger partial charge in [0.1, 0.15) is 5.92 Å². The van der Waals surface area contributed by atoms with Crippen LogP contribution in [0.4, 0.5) is 0 Å². The van der Waals surface area contributed by atoms with Gasteiger partial charge in [-0.2, -0.15) is 0 Å². The van der Waals surface area contributed by atoms with Gasteiger partial charge in [-0.25, -0.2) is 0 Å². The van der Waals surface area contributed by atoms with Gasteiger partial charge in [-0.15, -0.1) is 0 Å². The summed E-state index contributed by atoms with van der Waals surface area (Å²) >= 11 is 5.05. The molecule has 4 N–H and O–H groups in total. The molecule has 5 heteroatoms. The summed E-state index contributed by atoms with van der Waals surface area (Å²) in [4.78, 5) is 12.7. The number of amides is 1. The van der Waals surface area contributed by atoms with Crippen LogP contribution in [0.2, 0.25) is 0 Å². The van der Waals surface area contributed by atoms with Crippen molar-refractivity contribution < 1.29 is 9.90 Å². The highest BCUT2D eigenvalue weighted by molar-refractivity contribution is 7.80. The molecule has 3 unspecified atom stereocenters. The first kappa shape index (κ1) is 15.9. The van der Waals surface area contributed by atoms with Crippen LogP contribution < -0.4 is 11.1 Å². The van der Waals surface area contributed by atoms with E-state index in [0.717, 1.165) is 37.7 Å². The third-order valence-corrected chi connectivity index (χ3v) is 4.22. The molecule has 0 radical (unpaired) electrons. The van der Waals surface area contributed by atoms with Crippen molar-refractivity contribution in [3.05, 3.63) is 35.9 Å². The Hall–Kier alpha value is -1.46. The van der Waals surface area contributed by atoms with Crippen LogP contribution in [0.1, 0.15) is 43.6 Å². The van der Waals surface area contributed by atoms with Crippen LogP contribution in [0.25, 0.3) is 0 Å². The molecule has 1 aliphatic rings. The molecule has 2 rings (SSSR count). The largest absolute Gasteiger partial charge is 0.392 e. The quantitative estimate of drug-likeness (QED) is 0.586. The molecule has 3 atom stereocenters. The SMILES string of the molecule is NC(=S)C(C(=O)NC1CCCCCC1O)c1ccccc1. The first-order valence-electron chi connectivity index (χ1n) is 7.42. The van der Waals surface area contributed by atoms with Crippen LogP contribution >= 0.6 is 12.2 Å². The van der Waals surface area contributed by atoms with Crippen molar-refractivity contribution in [3.8, 4) is 0 Å². The van der Waals surface area contributed by atoms with Gasteiger partial charge >= 0.3 is 0 Å². The van der Waals surface area contributed by atoms with E-state index >= 15 is 0 Å². The molecule has 1 aliphatic carbocycles. The van der Waals surface area contributed by atoms with Crippen LogP contribution in [0.5, 0.6) is 0 Å². The summed E-state index contributed by atoms with van der Waals surface area (Å²) < 4.78 is 0. The zero-order valence-electron chi connectivity index (χ0n) is 12.0. The molecule has 0 aliphatic heterocycles. The Bertz CT molecular complexity index is 492. The van der Waals surface area contributed by atoms with Gasteiger partial charge in [0.15, 0.2) is 0 Å². The van der Waals surface area contributed by atoms with E-state index in [1.54, 1.807) is 0 Å². The molecule has 1 aromatic rings. The maximum absolute atomic E-state index is 12.5. The Morgan fingerprint density at radius 2 is 1.90 bits per heavy atom. The van der Waals surface area contributed by atoms with Crippen molar-refractivity contribution in [3.63, 3.8) is 0 Å². The van der Waals surface area contributed by atoms with Crippen LogP contribution in [0, 0.1) is 0 Å². The molecule has 1 aromatic carbocycles. The average Bonchev–Trinajstić information content (AvgIpc) is 2.65. The molecule has 0 saturated heterocycles. The number of hydrogen-bond donors (Lipinski definition) is 3. The van der Waals surface area contributed by atoms with Crippen molar-refractivity contribution >= 4 is 23.1 Å². The number of benzene rings is 1. The predicted molar refractivity (Wildman–Crippen MR) is 87.0 cm³/mol. The molecule has 0 bridgehead atoms. The highest BCUT2D eigenvalue weighted by Gasteiger charge is 2.29. The molecule has 0 heterocycles. The van der Waals surface area contributed by atoms with Crippen LogP contribution in [0.15, 0.2) is 30.3 Å². The third kappa shape index (κ3) is 4.25. The molecule has 1 saturated carbocycles. The highest BCUT2D eigenvalue weighted by Crippen LogP contribution is 2.21. The summed E-state index contributed by atoms with van der Waals surface area (Å²) in [6, 6.07) is 9.07. The van der Waals surface area contributed by atoms with Crippen LogP contribution in [-0.2, 0) is 4.79 Å². The molecule has 21 heavy (non-hydrogen) atoms. The lowest BCUT2D eigenvalue weighted by Gasteiger charge is -2.24. The lowest BCUT2D eigenvalue weighted by Crippen LogP contribution is -2.46. The molecule has 114 valence electrons. The van der Waals surface area contributed by atoms with Gasteiger partial charge in [0, 0.05) is 0 Å². The number of aliphatic hydroxyl groups is 1. The monoisotopic (exact) mass is 306 g/mol. The Kier molecular flexibility index (Phi) is 5.70. The standard InChI is InChI=1S/C16H22N2O2S/c17-15(21)14(11-7-3-1-4-8-11)16(20)18-12-9-5-2-6-10-13(12)19/h1,3-4,7-8,12-14,19H,2,5-6,9-10H2,(H2,17,21)(H,18,20). The summed E-state index contributed by atoms with van der Waals surface area (Å²) in [6.45, 7) is 0. The number of thiocarbonyl (C=S) groups is 1. The van der Waals surface area contributed by atoms with E-state index in [1.165, 1.54) is 0 Å².